The molecule has 1 aromatic heterocycles. The first-order valence-corrected chi connectivity index (χ1v) is 6.41. The number of phenolic OH excluding ortho intramolecular Hbond substituents is 1. The number of phenols is 1. The highest BCUT2D eigenvalue weighted by Crippen LogP contribution is 2.27. The lowest BCUT2D eigenvalue weighted by Gasteiger charge is -2.08. The fourth-order valence-electron chi connectivity index (χ4n) is 2.28. The zero-order chi connectivity index (χ0) is 13.9. The van der Waals surface area contributed by atoms with E-state index in [1.165, 1.54) is 0 Å². The summed E-state index contributed by atoms with van der Waals surface area (Å²) in [7, 11) is 0. The molecule has 20 heavy (non-hydrogen) atoms. The quantitative estimate of drug-likeness (QED) is 0.765. The average molecular weight is 265 g/mol. The van der Waals surface area contributed by atoms with Crippen LogP contribution in [-0.2, 0) is 6.54 Å². The molecule has 4 heteroatoms. The van der Waals surface area contributed by atoms with Crippen LogP contribution in [0.1, 0.15) is 5.69 Å². The zero-order valence-electron chi connectivity index (χ0n) is 10.9. The van der Waals surface area contributed by atoms with Crippen molar-refractivity contribution in [1.29, 1.82) is 0 Å². The maximum Gasteiger partial charge on any atom is 0.116 e. The average Bonchev–Trinajstić information content (AvgIpc) is 2.92. The Bertz CT molecular complexity index is 720. The van der Waals surface area contributed by atoms with Gasteiger partial charge in [-0.3, -0.25) is 0 Å². The third-order valence-electron chi connectivity index (χ3n) is 3.22. The van der Waals surface area contributed by atoms with Crippen molar-refractivity contribution in [1.82, 2.24) is 9.78 Å². The van der Waals surface area contributed by atoms with Gasteiger partial charge in [0.2, 0.25) is 0 Å². The minimum Gasteiger partial charge on any atom is -0.508 e. The molecule has 0 fully saturated rings. The number of para-hydroxylation sites is 1. The van der Waals surface area contributed by atoms with Crippen LogP contribution in [0.4, 0.5) is 0 Å². The summed E-state index contributed by atoms with van der Waals surface area (Å²) in [5.74, 6) is 0.234. The van der Waals surface area contributed by atoms with Gasteiger partial charge in [-0.25, -0.2) is 4.68 Å². The van der Waals surface area contributed by atoms with Gasteiger partial charge < -0.3 is 10.8 Å². The predicted molar refractivity (Wildman–Crippen MR) is 78.6 cm³/mol. The summed E-state index contributed by atoms with van der Waals surface area (Å²) in [6.45, 7) is 0.375. The Morgan fingerprint density at radius 3 is 2.55 bits per heavy atom. The summed E-state index contributed by atoms with van der Waals surface area (Å²) in [6.07, 6.45) is 1.78. The Labute approximate surface area is 117 Å². The van der Waals surface area contributed by atoms with E-state index in [0.29, 0.717) is 6.54 Å². The molecule has 2 aromatic carbocycles. The van der Waals surface area contributed by atoms with Crippen LogP contribution in [0.5, 0.6) is 5.75 Å². The summed E-state index contributed by atoms with van der Waals surface area (Å²) in [4.78, 5) is 0. The standard InChI is InChI=1S/C16H15N3O/c17-10-16-15(12-5-4-8-14(20)9-12)11-18-19(16)13-6-2-1-3-7-13/h1-9,11,20H,10,17H2. The van der Waals surface area contributed by atoms with Crippen LogP contribution < -0.4 is 5.73 Å². The smallest absolute Gasteiger partial charge is 0.116 e. The normalized spacial score (nSPS) is 10.7. The van der Waals surface area contributed by atoms with Crippen LogP contribution in [0.25, 0.3) is 16.8 Å². The van der Waals surface area contributed by atoms with Gasteiger partial charge in [0.1, 0.15) is 5.75 Å². The van der Waals surface area contributed by atoms with Crippen molar-refractivity contribution in [3.05, 3.63) is 66.5 Å². The van der Waals surface area contributed by atoms with Crippen LogP contribution in [0.15, 0.2) is 60.8 Å². The molecule has 0 radical (unpaired) electrons. The van der Waals surface area contributed by atoms with Crippen LogP contribution >= 0.6 is 0 Å². The number of hydrogen-bond donors (Lipinski definition) is 2. The largest absolute Gasteiger partial charge is 0.508 e. The first-order valence-electron chi connectivity index (χ1n) is 6.41. The molecule has 0 unspecified atom stereocenters. The molecular weight excluding hydrogens is 250 g/mol. The summed E-state index contributed by atoms with van der Waals surface area (Å²) in [5, 5.41) is 14.0. The molecule has 3 rings (SSSR count). The fraction of sp³-hybridized carbons (Fsp3) is 0.0625. The van der Waals surface area contributed by atoms with E-state index in [1.54, 1.807) is 18.3 Å². The molecule has 3 N–H and O–H groups in total. The Morgan fingerprint density at radius 2 is 1.85 bits per heavy atom. The highest BCUT2D eigenvalue weighted by atomic mass is 16.3. The van der Waals surface area contributed by atoms with Gasteiger partial charge in [0, 0.05) is 12.1 Å². The van der Waals surface area contributed by atoms with Crippen LogP contribution in [0.3, 0.4) is 0 Å². The molecule has 0 aliphatic carbocycles. The SMILES string of the molecule is NCc1c(-c2cccc(O)c2)cnn1-c1ccccc1. The van der Waals surface area contributed by atoms with E-state index in [-0.39, 0.29) is 5.75 Å². The minimum atomic E-state index is 0.234. The first kappa shape index (κ1) is 12.4. The van der Waals surface area contributed by atoms with Gasteiger partial charge in [0.25, 0.3) is 0 Å². The number of rotatable bonds is 3. The summed E-state index contributed by atoms with van der Waals surface area (Å²) < 4.78 is 1.83. The highest BCUT2D eigenvalue weighted by Gasteiger charge is 2.12. The third kappa shape index (κ3) is 2.17. The van der Waals surface area contributed by atoms with Crippen molar-refractivity contribution in [3.8, 4) is 22.6 Å². The predicted octanol–water partition coefficient (Wildman–Crippen LogP) is 2.70. The van der Waals surface area contributed by atoms with Gasteiger partial charge in [0.15, 0.2) is 0 Å². The summed E-state index contributed by atoms with van der Waals surface area (Å²) >= 11 is 0. The van der Waals surface area contributed by atoms with E-state index in [9.17, 15) is 5.11 Å². The van der Waals surface area contributed by atoms with E-state index in [0.717, 1.165) is 22.5 Å². The number of benzene rings is 2. The van der Waals surface area contributed by atoms with Crippen molar-refractivity contribution in [2.75, 3.05) is 0 Å². The maximum absolute atomic E-state index is 9.60. The molecule has 0 aliphatic rings. The second kappa shape index (κ2) is 5.19. The van der Waals surface area contributed by atoms with Gasteiger partial charge in [-0.1, -0.05) is 30.3 Å². The maximum atomic E-state index is 9.60. The lowest BCUT2D eigenvalue weighted by molar-refractivity contribution is 0.475. The Kier molecular flexibility index (Phi) is 3.23. The molecule has 0 saturated heterocycles. The Morgan fingerprint density at radius 1 is 1.05 bits per heavy atom. The van der Waals surface area contributed by atoms with Gasteiger partial charge >= 0.3 is 0 Å². The molecule has 0 atom stereocenters. The number of nitrogens with two attached hydrogens (primary N) is 1. The molecule has 0 aliphatic heterocycles. The van der Waals surface area contributed by atoms with Gasteiger partial charge in [-0.2, -0.15) is 5.10 Å². The molecule has 0 saturated carbocycles. The van der Waals surface area contributed by atoms with Crippen molar-refractivity contribution >= 4 is 0 Å². The monoisotopic (exact) mass is 265 g/mol. The second-order valence-electron chi connectivity index (χ2n) is 4.51. The van der Waals surface area contributed by atoms with Crippen molar-refractivity contribution in [2.45, 2.75) is 6.54 Å². The third-order valence-corrected chi connectivity index (χ3v) is 3.22. The number of hydrogen-bond acceptors (Lipinski definition) is 3. The molecule has 0 spiro atoms. The number of nitrogens with zero attached hydrogens (tertiary/aromatic N) is 2. The first-order chi connectivity index (χ1) is 9.79. The van der Waals surface area contributed by atoms with Crippen molar-refractivity contribution < 1.29 is 5.11 Å². The molecular formula is C16H15N3O. The van der Waals surface area contributed by atoms with Gasteiger partial charge in [-0.05, 0) is 29.8 Å². The molecule has 1 heterocycles. The van der Waals surface area contributed by atoms with E-state index >= 15 is 0 Å². The van der Waals surface area contributed by atoms with Crippen LogP contribution in [0, 0.1) is 0 Å². The lowest BCUT2D eigenvalue weighted by Crippen LogP contribution is -2.07. The Balaban J connectivity index is 2.13. The van der Waals surface area contributed by atoms with Gasteiger partial charge in [-0.15, -0.1) is 0 Å². The van der Waals surface area contributed by atoms with Crippen molar-refractivity contribution in [2.24, 2.45) is 5.73 Å². The molecule has 100 valence electrons. The number of aromatic nitrogens is 2. The second-order valence-corrected chi connectivity index (χ2v) is 4.51. The van der Waals surface area contributed by atoms with E-state index < -0.39 is 0 Å². The van der Waals surface area contributed by atoms with Crippen LogP contribution in [-0.4, -0.2) is 14.9 Å². The summed E-state index contributed by atoms with van der Waals surface area (Å²) in [6, 6.07) is 17.0. The summed E-state index contributed by atoms with van der Waals surface area (Å²) in [5.41, 5.74) is 9.62. The fourth-order valence-corrected chi connectivity index (χ4v) is 2.28. The van der Waals surface area contributed by atoms with Crippen LogP contribution in [0.2, 0.25) is 0 Å². The van der Waals surface area contributed by atoms with E-state index in [2.05, 4.69) is 5.10 Å². The Hall–Kier alpha value is -2.59. The highest BCUT2D eigenvalue weighted by molar-refractivity contribution is 5.67. The zero-order valence-corrected chi connectivity index (χ0v) is 10.9. The molecule has 4 nitrogen and oxygen atoms in total. The van der Waals surface area contributed by atoms with Gasteiger partial charge in [0.05, 0.1) is 17.6 Å². The number of aromatic hydroxyl groups is 1. The lowest BCUT2D eigenvalue weighted by atomic mass is 10.1. The molecule has 0 bridgehead atoms. The van der Waals surface area contributed by atoms with E-state index in [4.69, 9.17) is 5.73 Å². The topological polar surface area (TPSA) is 64.1 Å². The molecule has 3 aromatic rings. The van der Waals surface area contributed by atoms with Crippen molar-refractivity contribution in [3.63, 3.8) is 0 Å². The van der Waals surface area contributed by atoms with E-state index in [1.807, 2.05) is 47.1 Å². The minimum absolute atomic E-state index is 0.234. The molecule has 0 amide bonds.